The lowest BCUT2D eigenvalue weighted by Gasteiger charge is -2.25. The van der Waals surface area contributed by atoms with Gasteiger partial charge in [-0.25, -0.2) is 0 Å². The molecule has 1 atom stereocenters. The van der Waals surface area contributed by atoms with Crippen LogP contribution in [0, 0.1) is 11.8 Å². The Morgan fingerprint density at radius 3 is 0.702 bits per heavy atom. The fourth-order valence-electron chi connectivity index (χ4n) is 7.45. The molecule has 0 aliphatic carbocycles. The Bertz CT molecular complexity index is 539. The maximum Gasteiger partial charge on any atom is 0.0445 e. The Hall–Kier alpha value is -0.570. The zero-order valence-electron chi connectivity index (χ0n) is 33.3. The molecule has 0 rings (SSSR count). The van der Waals surface area contributed by atoms with Gasteiger partial charge in [-0.1, -0.05) is 252 Å². The van der Waals surface area contributed by atoms with Crippen molar-refractivity contribution in [1.82, 2.24) is 6.15 Å². The summed E-state index contributed by atoms with van der Waals surface area (Å²) in [6.07, 6.45) is 52.4. The lowest BCUT2D eigenvalue weighted by molar-refractivity contribution is -0.312. The third kappa shape index (κ3) is 38.1. The molecule has 0 radical (unpaired) electrons. The van der Waals surface area contributed by atoms with Crippen molar-refractivity contribution in [2.75, 3.05) is 0 Å². The number of aliphatic carboxylic acids is 1. The minimum atomic E-state index is -0.838. The molecule has 0 aromatic heterocycles. The normalized spacial score (nSPS) is 12.1. The Morgan fingerprint density at radius 2 is 0.532 bits per heavy atom. The van der Waals surface area contributed by atoms with Crippen LogP contribution < -0.4 is 11.3 Å². The van der Waals surface area contributed by atoms with E-state index in [1.54, 1.807) is 0 Å². The highest BCUT2D eigenvalue weighted by molar-refractivity contribution is 5.67. The van der Waals surface area contributed by atoms with Crippen molar-refractivity contribution in [3.63, 3.8) is 0 Å². The standard InChI is InChI=1S/C44H88O2.H3N/c1-4-6-8-10-12-14-16-18-20-22-24-26-28-30-32-34-36-38-40-43(42(3)44(45)46)41-39-37-35-33-31-29-27-25-23-21-19-17-15-13-11-9-7-5-2;/h42-43H,4-41H2,1-3H3,(H,45,46);1H3. The quantitative estimate of drug-likeness (QED) is 0.0661. The van der Waals surface area contributed by atoms with E-state index in [9.17, 15) is 9.90 Å². The molecule has 0 saturated carbocycles. The summed E-state index contributed by atoms with van der Waals surface area (Å²) >= 11 is 0. The largest absolute Gasteiger partial charge is 0.550 e. The van der Waals surface area contributed by atoms with E-state index in [0.29, 0.717) is 5.92 Å². The molecule has 0 spiro atoms. The predicted molar refractivity (Wildman–Crippen MR) is 210 cm³/mol. The maximum absolute atomic E-state index is 11.6. The summed E-state index contributed by atoms with van der Waals surface area (Å²) in [7, 11) is 0. The van der Waals surface area contributed by atoms with Gasteiger partial charge in [0.2, 0.25) is 0 Å². The zero-order chi connectivity index (χ0) is 33.6. The van der Waals surface area contributed by atoms with Gasteiger partial charge >= 0.3 is 0 Å². The van der Waals surface area contributed by atoms with Crippen molar-refractivity contribution in [3.8, 4) is 0 Å². The molecule has 0 amide bonds. The van der Waals surface area contributed by atoms with E-state index >= 15 is 0 Å². The summed E-state index contributed by atoms with van der Waals surface area (Å²) in [5.41, 5.74) is 0. The molecule has 3 nitrogen and oxygen atoms in total. The molecule has 4 N–H and O–H groups in total. The van der Waals surface area contributed by atoms with Crippen LogP contribution in [-0.2, 0) is 4.79 Å². The summed E-state index contributed by atoms with van der Waals surface area (Å²) in [6.45, 7) is 6.48. The summed E-state index contributed by atoms with van der Waals surface area (Å²) in [5, 5.41) is 11.6. The van der Waals surface area contributed by atoms with Crippen LogP contribution in [0.2, 0.25) is 0 Å². The van der Waals surface area contributed by atoms with Gasteiger partial charge in [-0.15, -0.1) is 0 Å². The van der Waals surface area contributed by atoms with Crippen molar-refractivity contribution in [1.29, 1.82) is 0 Å². The highest BCUT2D eigenvalue weighted by Crippen LogP contribution is 2.26. The Morgan fingerprint density at radius 1 is 0.362 bits per heavy atom. The van der Waals surface area contributed by atoms with E-state index in [0.717, 1.165) is 12.8 Å². The van der Waals surface area contributed by atoms with Crippen molar-refractivity contribution < 1.29 is 9.90 Å². The molecule has 0 aromatic rings. The SMILES string of the molecule is CCCCCCCCCCCCCCCCCCCCC(CCCCCCCCCCCCCCCCCCCC)C(C)C(=O)[O-].[NH4+]. The molecular formula is C44H91NO2. The molecule has 0 fully saturated rings. The van der Waals surface area contributed by atoms with Gasteiger partial charge in [0, 0.05) is 5.97 Å². The van der Waals surface area contributed by atoms with E-state index in [-0.39, 0.29) is 12.1 Å². The third-order valence-electron chi connectivity index (χ3n) is 10.9. The predicted octanol–water partition coefficient (Wildman–Crippen LogP) is 15.2. The smallest absolute Gasteiger partial charge is 0.0445 e. The van der Waals surface area contributed by atoms with Gasteiger partial charge in [-0.3, -0.25) is 0 Å². The molecule has 0 aliphatic heterocycles. The zero-order valence-corrected chi connectivity index (χ0v) is 33.3. The second-order valence-corrected chi connectivity index (χ2v) is 15.5. The third-order valence-corrected chi connectivity index (χ3v) is 10.9. The van der Waals surface area contributed by atoms with Crippen LogP contribution in [0.4, 0.5) is 0 Å². The van der Waals surface area contributed by atoms with Gasteiger partial charge < -0.3 is 16.1 Å². The number of rotatable bonds is 40. The molecule has 1 unspecified atom stereocenters. The Balaban J connectivity index is 0. The van der Waals surface area contributed by atoms with Gasteiger partial charge in [-0.05, 0) is 24.7 Å². The monoisotopic (exact) mass is 666 g/mol. The van der Waals surface area contributed by atoms with Crippen LogP contribution in [0.3, 0.4) is 0 Å². The molecule has 0 aliphatic rings. The van der Waals surface area contributed by atoms with Crippen molar-refractivity contribution in [3.05, 3.63) is 0 Å². The van der Waals surface area contributed by atoms with Crippen molar-refractivity contribution in [2.24, 2.45) is 11.8 Å². The molecule has 0 bridgehead atoms. The molecular weight excluding hydrogens is 574 g/mol. The van der Waals surface area contributed by atoms with E-state index in [4.69, 9.17) is 0 Å². The first kappa shape index (κ1) is 48.5. The number of carboxylic acids is 1. The average molecular weight is 666 g/mol. The fourth-order valence-corrected chi connectivity index (χ4v) is 7.45. The second kappa shape index (κ2) is 41.6. The van der Waals surface area contributed by atoms with Gasteiger partial charge in [0.05, 0.1) is 0 Å². The van der Waals surface area contributed by atoms with E-state index in [2.05, 4.69) is 13.8 Å². The number of carbonyl (C=O) groups is 1. The number of carbonyl (C=O) groups excluding carboxylic acids is 1. The van der Waals surface area contributed by atoms with Crippen LogP contribution in [0.15, 0.2) is 0 Å². The number of unbranched alkanes of at least 4 members (excludes halogenated alkanes) is 34. The average Bonchev–Trinajstić information content (AvgIpc) is 3.05. The number of hydrogen-bond donors (Lipinski definition) is 1. The topological polar surface area (TPSA) is 76.6 Å². The van der Waals surface area contributed by atoms with Crippen LogP contribution in [0.1, 0.15) is 265 Å². The van der Waals surface area contributed by atoms with Gasteiger partial charge in [0.1, 0.15) is 0 Å². The van der Waals surface area contributed by atoms with E-state index in [1.165, 1.54) is 231 Å². The van der Waals surface area contributed by atoms with Gasteiger partial charge in [-0.2, -0.15) is 0 Å². The van der Waals surface area contributed by atoms with E-state index < -0.39 is 5.97 Å². The van der Waals surface area contributed by atoms with Crippen LogP contribution in [0.25, 0.3) is 0 Å². The fraction of sp³-hybridized carbons (Fsp3) is 0.977. The lowest BCUT2D eigenvalue weighted by Crippen LogP contribution is -2.34. The number of quaternary nitrogens is 1. The maximum atomic E-state index is 11.6. The molecule has 0 heterocycles. The highest BCUT2D eigenvalue weighted by atomic mass is 16.4. The highest BCUT2D eigenvalue weighted by Gasteiger charge is 2.17. The summed E-state index contributed by atoms with van der Waals surface area (Å²) < 4.78 is 0. The number of hydrogen-bond acceptors (Lipinski definition) is 2. The second-order valence-electron chi connectivity index (χ2n) is 15.5. The molecule has 3 heteroatoms. The molecule has 47 heavy (non-hydrogen) atoms. The Kier molecular flexibility index (Phi) is 43.0. The van der Waals surface area contributed by atoms with Crippen LogP contribution in [-0.4, -0.2) is 5.97 Å². The minimum absolute atomic E-state index is 0. The minimum Gasteiger partial charge on any atom is -0.550 e. The first-order chi connectivity index (χ1) is 22.6. The van der Waals surface area contributed by atoms with Crippen LogP contribution >= 0.6 is 0 Å². The van der Waals surface area contributed by atoms with Gasteiger partial charge in [0.15, 0.2) is 0 Å². The Labute approximate surface area is 298 Å². The molecule has 0 saturated heterocycles. The van der Waals surface area contributed by atoms with Crippen molar-refractivity contribution >= 4 is 5.97 Å². The van der Waals surface area contributed by atoms with Crippen LogP contribution in [0.5, 0.6) is 0 Å². The summed E-state index contributed by atoms with van der Waals surface area (Å²) in [6, 6.07) is 0. The molecule has 0 aromatic carbocycles. The first-order valence-electron chi connectivity index (χ1n) is 21.8. The van der Waals surface area contributed by atoms with E-state index in [1.807, 2.05) is 6.92 Å². The number of carboxylic acid groups (broad SMARTS) is 1. The summed E-state index contributed by atoms with van der Waals surface area (Å²) in [5.74, 6) is -0.821. The van der Waals surface area contributed by atoms with Gasteiger partial charge in [0.25, 0.3) is 0 Å². The lowest BCUT2D eigenvalue weighted by atomic mass is 9.84. The first-order valence-corrected chi connectivity index (χ1v) is 21.8. The molecule has 284 valence electrons. The summed E-state index contributed by atoms with van der Waals surface area (Å²) in [4.78, 5) is 11.6. The van der Waals surface area contributed by atoms with Crippen molar-refractivity contribution in [2.45, 2.75) is 265 Å².